The number of benzene rings is 1. The molecule has 2 rings (SSSR count). The summed E-state index contributed by atoms with van der Waals surface area (Å²) in [5, 5.41) is 1.64. The van der Waals surface area contributed by atoms with Gasteiger partial charge in [-0.2, -0.15) is 8.42 Å². The van der Waals surface area contributed by atoms with Crippen molar-refractivity contribution in [3.8, 4) is 0 Å². The SMILES string of the molecule is Cl.Cl.O=S(=O)=c1[nH]ccc2ccccc12. The molecular weight excluding hydrogens is 257 g/mol. The number of hydrogen-bond acceptors (Lipinski definition) is 2. The highest BCUT2D eigenvalue weighted by Crippen LogP contribution is 2.11. The maximum absolute atomic E-state index is 10.8. The highest BCUT2D eigenvalue weighted by atomic mass is 35.5. The second-order valence-corrected chi connectivity index (χ2v) is 3.51. The second-order valence-electron chi connectivity index (χ2n) is 2.63. The Morgan fingerprint density at radius 2 is 1.67 bits per heavy atom. The van der Waals surface area contributed by atoms with Gasteiger partial charge in [-0.25, -0.2) is 0 Å². The van der Waals surface area contributed by atoms with Gasteiger partial charge in [-0.05, 0) is 11.5 Å². The van der Waals surface area contributed by atoms with Crippen LogP contribution in [0.4, 0.5) is 0 Å². The largest absolute Gasteiger partial charge is 0.349 e. The van der Waals surface area contributed by atoms with Gasteiger partial charge in [0.15, 0.2) is 4.64 Å². The molecule has 1 heterocycles. The first kappa shape index (κ1) is 14.0. The van der Waals surface area contributed by atoms with Crippen molar-refractivity contribution < 1.29 is 8.42 Å². The van der Waals surface area contributed by atoms with Crippen molar-refractivity contribution in [1.82, 2.24) is 4.98 Å². The lowest BCUT2D eigenvalue weighted by molar-refractivity contribution is 0.624. The molecule has 0 spiro atoms. The van der Waals surface area contributed by atoms with Gasteiger partial charge in [0.05, 0.1) is 0 Å². The smallest absolute Gasteiger partial charge is 0.238 e. The van der Waals surface area contributed by atoms with Crippen LogP contribution in [0.15, 0.2) is 36.5 Å². The zero-order valence-electron chi connectivity index (χ0n) is 7.51. The third-order valence-corrected chi connectivity index (χ3v) is 2.52. The third kappa shape index (κ3) is 2.75. The maximum Gasteiger partial charge on any atom is 0.238 e. The number of aromatic amines is 1. The first-order valence-electron chi connectivity index (χ1n) is 3.78. The summed E-state index contributed by atoms with van der Waals surface area (Å²) < 4.78 is 21.8. The molecule has 2 aromatic rings. The molecule has 0 fully saturated rings. The number of H-pyrrole nitrogens is 1. The lowest BCUT2D eigenvalue weighted by atomic mass is 10.2. The maximum atomic E-state index is 10.8. The minimum Gasteiger partial charge on any atom is -0.349 e. The number of nitrogens with one attached hydrogen (secondary N) is 1. The fourth-order valence-electron chi connectivity index (χ4n) is 1.27. The van der Waals surface area contributed by atoms with Crippen LogP contribution in [0.2, 0.25) is 0 Å². The van der Waals surface area contributed by atoms with Crippen LogP contribution in [0.1, 0.15) is 0 Å². The number of hydrogen-bond donors (Lipinski definition) is 1. The van der Waals surface area contributed by atoms with E-state index in [4.69, 9.17) is 0 Å². The molecule has 0 aliphatic rings. The van der Waals surface area contributed by atoms with Crippen molar-refractivity contribution in [2.45, 2.75) is 0 Å². The van der Waals surface area contributed by atoms with Crippen molar-refractivity contribution in [3.05, 3.63) is 41.2 Å². The van der Waals surface area contributed by atoms with E-state index in [1.807, 2.05) is 24.3 Å². The fraction of sp³-hybridized carbons (Fsp3) is 0. The summed E-state index contributed by atoms with van der Waals surface area (Å²) in [5.41, 5.74) is 0. The van der Waals surface area contributed by atoms with Crippen molar-refractivity contribution in [2.24, 2.45) is 0 Å². The van der Waals surface area contributed by atoms with Crippen LogP contribution in [0, 0.1) is 4.64 Å². The van der Waals surface area contributed by atoms with Crippen molar-refractivity contribution in [1.29, 1.82) is 0 Å². The standard InChI is InChI=1S/C9H7NO2S.2ClH/c11-13(12)9-8-4-2-1-3-7(8)5-6-10-9;;/h1-6,10H;2*1H. The zero-order chi connectivity index (χ0) is 9.26. The van der Waals surface area contributed by atoms with E-state index in [0.29, 0.717) is 0 Å². The second kappa shape index (κ2) is 5.80. The quantitative estimate of drug-likeness (QED) is 0.744. The van der Waals surface area contributed by atoms with Crippen LogP contribution in [-0.2, 0) is 10.3 Å². The molecule has 82 valence electrons. The lowest BCUT2D eigenvalue weighted by Crippen LogP contribution is -1.80. The first-order chi connectivity index (χ1) is 6.29. The fourth-order valence-corrected chi connectivity index (χ4v) is 1.80. The summed E-state index contributed by atoms with van der Waals surface area (Å²) in [4.78, 5) is 2.70. The number of halogens is 2. The van der Waals surface area contributed by atoms with Crippen LogP contribution in [0.3, 0.4) is 0 Å². The third-order valence-electron chi connectivity index (χ3n) is 1.85. The Bertz CT molecular complexity index is 606. The molecule has 1 N–H and O–H groups in total. The molecule has 15 heavy (non-hydrogen) atoms. The lowest BCUT2D eigenvalue weighted by Gasteiger charge is -1.94. The molecule has 0 saturated heterocycles. The van der Waals surface area contributed by atoms with E-state index >= 15 is 0 Å². The molecule has 0 aliphatic carbocycles. The van der Waals surface area contributed by atoms with Gasteiger partial charge < -0.3 is 4.98 Å². The molecule has 0 atom stereocenters. The number of aromatic nitrogens is 1. The summed E-state index contributed by atoms with van der Waals surface area (Å²) in [5.74, 6) is 0. The van der Waals surface area contributed by atoms with E-state index in [1.54, 1.807) is 12.3 Å². The molecule has 0 unspecified atom stereocenters. The van der Waals surface area contributed by atoms with Gasteiger partial charge in [-0.3, -0.25) is 0 Å². The number of fused-ring (bicyclic) bond motifs is 1. The summed E-state index contributed by atoms with van der Waals surface area (Å²) >= 11 is 0. The molecule has 6 heteroatoms. The van der Waals surface area contributed by atoms with Crippen LogP contribution >= 0.6 is 24.8 Å². The average Bonchev–Trinajstić information content (AvgIpc) is 2.17. The Labute approximate surface area is 100 Å². The van der Waals surface area contributed by atoms with Gasteiger partial charge in [0.25, 0.3) is 0 Å². The Morgan fingerprint density at radius 3 is 2.33 bits per heavy atom. The Morgan fingerprint density at radius 1 is 1.00 bits per heavy atom. The molecule has 0 radical (unpaired) electrons. The summed E-state index contributed by atoms with van der Waals surface area (Å²) in [6, 6.07) is 9.18. The van der Waals surface area contributed by atoms with Crippen molar-refractivity contribution in [3.63, 3.8) is 0 Å². The molecule has 3 nitrogen and oxygen atoms in total. The molecule has 0 saturated carbocycles. The average molecular weight is 266 g/mol. The van der Waals surface area contributed by atoms with Gasteiger partial charge in [0, 0.05) is 11.6 Å². The monoisotopic (exact) mass is 265 g/mol. The van der Waals surface area contributed by atoms with E-state index in [1.165, 1.54) is 0 Å². The summed E-state index contributed by atoms with van der Waals surface area (Å²) in [6.45, 7) is 0. The molecule has 0 bridgehead atoms. The zero-order valence-corrected chi connectivity index (χ0v) is 9.95. The number of rotatable bonds is 0. The first-order valence-corrected chi connectivity index (χ1v) is 4.85. The molecule has 1 aromatic carbocycles. The van der Waals surface area contributed by atoms with Crippen molar-refractivity contribution in [2.75, 3.05) is 0 Å². The molecule has 1 aromatic heterocycles. The summed E-state index contributed by atoms with van der Waals surface area (Å²) in [7, 11) is -2.21. The Kier molecular flexibility index (Phi) is 5.43. The van der Waals surface area contributed by atoms with E-state index in [-0.39, 0.29) is 29.5 Å². The molecule has 0 amide bonds. The van der Waals surface area contributed by atoms with Crippen molar-refractivity contribution >= 4 is 45.9 Å². The summed E-state index contributed by atoms with van der Waals surface area (Å²) in [6.07, 6.45) is 1.62. The van der Waals surface area contributed by atoms with Gasteiger partial charge in [0.2, 0.25) is 10.3 Å². The molecule has 0 aliphatic heterocycles. The van der Waals surface area contributed by atoms with Crippen LogP contribution in [-0.4, -0.2) is 13.4 Å². The van der Waals surface area contributed by atoms with Crippen LogP contribution < -0.4 is 0 Å². The number of pyridine rings is 1. The Balaban J connectivity index is 0.000000980. The molecular formula is C9H9Cl2NO2S. The normalized spacial score (nSPS) is 8.80. The van der Waals surface area contributed by atoms with Crippen LogP contribution in [0.5, 0.6) is 0 Å². The predicted octanol–water partition coefficient (Wildman–Crippen LogP) is 2.42. The van der Waals surface area contributed by atoms with Gasteiger partial charge in [0.1, 0.15) is 0 Å². The highest BCUT2D eigenvalue weighted by Gasteiger charge is 1.93. The Hall–Kier alpha value is -0.970. The minimum absolute atomic E-state index is 0. The van der Waals surface area contributed by atoms with E-state index in [9.17, 15) is 8.42 Å². The van der Waals surface area contributed by atoms with Gasteiger partial charge >= 0.3 is 0 Å². The van der Waals surface area contributed by atoms with Gasteiger partial charge in [-0.1, -0.05) is 24.3 Å². The highest BCUT2D eigenvalue weighted by molar-refractivity contribution is 7.64. The van der Waals surface area contributed by atoms with E-state index in [0.717, 1.165) is 10.8 Å². The van der Waals surface area contributed by atoms with E-state index in [2.05, 4.69) is 4.98 Å². The topological polar surface area (TPSA) is 49.9 Å². The van der Waals surface area contributed by atoms with Crippen LogP contribution in [0.25, 0.3) is 10.8 Å². The minimum atomic E-state index is -2.21. The van der Waals surface area contributed by atoms with E-state index < -0.39 is 10.3 Å². The van der Waals surface area contributed by atoms with Gasteiger partial charge in [-0.15, -0.1) is 24.8 Å². The predicted molar refractivity (Wildman–Crippen MR) is 65.0 cm³/mol.